The molecule has 35 heavy (non-hydrogen) atoms. The Kier molecular flexibility index (Phi) is 6.50. The number of hydrogen-bond donors (Lipinski definition) is 2. The maximum absolute atomic E-state index is 12.5. The summed E-state index contributed by atoms with van der Waals surface area (Å²) in [7, 11) is 0. The largest absolute Gasteiger partial charge is 0.573 e. The number of alkyl carbamates (subject to hydrolysis) is 1. The summed E-state index contributed by atoms with van der Waals surface area (Å²) in [4.78, 5) is 18.7. The summed E-state index contributed by atoms with van der Waals surface area (Å²) >= 11 is 0. The number of anilines is 1. The molecule has 0 spiro atoms. The molecule has 0 aliphatic carbocycles. The van der Waals surface area contributed by atoms with Crippen LogP contribution in [0.25, 0.3) is 16.7 Å². The first-order chi connectivity index (χ1) is 16.4. The number of carbonyl (C=O) groups is 1. The van der Waals surface area contributed by atoms with E-state index in [9.17, 15) is 23.1 Å². The molecule has 1 aliphatic rings. The van der Waals surface area contributed by atoms with Gasteiger partial charge in [0.05, 0.1) is 35.1 Å². The fourth-order valence-corrected chi connectivity index (χ4v) is 3.88. The lowest BCUT2D eigenvalue weighted by Gasteiger charge is -2.20. The van der Waals surface area contributed by atoms with Crippen molar-refractivity contribution < 1.29 is 32.5 Å². The van der Waals surface area contributed by atoms with Gasteiger partial charge in [-0.05, 0) is 57.5 Å². The molecule has 4 rings (SSSR count). The Morgan fingerprint density at radius 1 is 1.20 bits per heavy atom. The van der Waals surface area contributed by atoms with E-state index in [0.717, 1.165) is 5.69 Å². The number of ether oxygens (including phenoxy) is 2. The van der Waals surface area contributed by atoms with Crippen molar-refractivity contribution >= 4 is 22.8 Å². The van der Waals surface area contributed by atoms with Crippen molar-refractivity contribution in [2.45, 2.75) is 51.8 Å². The van der Waals surface area contributed by atoms with Crippen molar-refractivity contribution in [2.24, 2.45) is 0 Å². The van der Waals surface area contributed by atoms with Gasteiger partial charge in [-0.1, -0.05) is 0 Å². The van der Waals surface area contributed by atoms with E-state index in [4.69, 9.17) is 4.74 Å². The Labute approximate surface area is 199 Å². The molecule has 188 valence electrons. The number of benzene rings is 1. The molecule has 2 aromatic heterocycles. The van der Waals surface area contributed by atoms with Crippen molar-refractivity contribution in [1.29, 1.82) is 0 Å². The van der Waals surface area contributed by atoms with E-state index in [-0.39, 0.29) is 12.3 Å². The number of fused-ring (bicyclic) bond motifs is 1. The minimum atomic E-state index is -4.79. The highest BCUT2D eigenvalue weighted by Crippen LogP contribution is 2.33. The Morgan fingerprint density at radius 3 is 2.51 bits per heavy atom. The number of rotatable bonds is 5. The molecule has 1 aliphatic heterocycles. The van der Waals surface area contributed by atoms with Crippen LogP contribution in [-0.2, 0) is 11.3 Å². The summed E-state index contributed by atoms with van der Waals surface area (Å²) in [5.74, 6) is -0.357. The number of nitrogens with zero attached hydrogens (tertiary/aromatic N) is 4. The average molecular weight is 493 g/mol. The first-order valence-corrected chi connectivity index (χ1v) is 11.0. The number of aromatic nitrogens is 3. The number of carbonyl (C=O) groups excluding carboxylic acids is 1. The van der Waals surface area contributed by atoms with Crippen LogP contribution < -0.4 is 15.0 Å². The number of alkyl halides is 3. The highest BCUT2D eigenvalue weighted by molar-refractivity contribution is 5.93. The fourth-order valence-electron chi connectivity index (χ4n) is 3.88. The first kappa shape index (κ1) is 24.6. The van der Waals surface area contributed by atoms with E-state index in [1.54, 1.807) is 27.0 Å². The van der Waals surface area contributed by atoms with Gasteiger partial charge >= 0.3 is 12.5 Å². The summed E-state index contributed by atoms with van der Waals surface area (Å²) in [6, 6.07) is 7.06. The highest BCUT2D eigenvalue weighted by atomic mass is 19.4. The van der Waals surface area contributed by atoms with E-state index >= 15 is 0 Å². The fraction of sp³-hybridized carbons (Fsp3) is 0.435. The lowest BCUT2D eigenvalue weighted by Crippen LogP contribution is -2.32. The molecule has 1 amide bonds. The van der Waals surface area contributed by atoms with Gasteiger partial charge in [0.15, 0.2) is 5.65 Å². The van der Waals surface area contributed by atoms with Crippen molar-refractivity contribution in [2.75, 3.05) is 18.0 Å². The number of aliphatic hydroxyl groups is 1. The molecule has 0 saturated carbocycles. The van der Waals surface area contributed by atoms with Gasteiger partial charge in [0.25, 0.3) is 0 Å². The van der Waals surface area contributed by atoms with Crippen molar-refractivity contribution in [3.8, 4) is 11.4 Å². The highest BCUT2D eigenvalue weighted by Gasteiger charge is 2.31. The maximum Gasteiger partial charge on any atom is 0.573 e. The van der Waals surface area contributed by atoms with Gasteiger partial charge in [0, 0.05) is 19.3 Å². The quantitative estimate of drug-likeness (QED) is 0.556. The first-order valence-electron chi connectivity index (χ1n) is 11.0. The second-order valence-electron chi connectivity index (χ2n) is 9.17. The maximum atomic E-state index is 12.5. The van der Waals surface area contributed by atoms with Gasteiger partial charge in [-0.25, -0.2) is 14.5 Å². The second kappa shape index (κ2) is 9.25. The number of amides is 1. The molecule has 9 nitrogen and oxygen atoms in total. The van der Waals surface area contributed by atoms with Crippen LogP contribution in [0.3, 0.4) is 0 Å². The number of hydrogen-bond acceptors (Lipinski definition) is 7. The predicted molar refractivity (Wildman–Crippen MR) is 121 cm³/mol. The van der Waals surface area contributed by atoms with Gasteiger partial charge in [0.2, 0.25) is 0 Å². The summed E-state index contributed by atoms with van der Waals surface area (Å²) < 4.78 is 48.4. The third-order valence-corrected chi connectivity index (χ3v) is 5.24. The lowest BCUT2D eigenvalue weighted by molar-refractivity contribution is -0.274. The van der Waals surface area contributed by atoms with Gasteiger partial charge in [0.1, 0.15) is 11.4 Å². The van der Waals surface area contributed by atoms with Crippen LogP contribution >= 0.6 is 0 Å². The average Bonchev–Trinajstić information content (AvgIpc) is 3.34. The molecular formula is C23H26F3N5O4. The minimum Gasteiger partial charge on any atom is -0.444 e. The monoisotopic (exact) mass is 493 g/mol. The van der Waals surface area contributed by atoms with Gasteiger partial charge in [-0.3, -0.25) is 0 Å². The number of aliphatic hydroxyl groups excluding tert-OH is 1. The van der Waals surface area contributed by atoms with Crippen molar-refractivity contribution in [3.05, 3.63) is 42.2 Å². The molecule has 1 saturated heterocycles. The third-order valence-electron chi connectivity index (χ3n) is 5.24. The summed E-state index contributed by atoms with van der Waals surface area (Å²) in [6.45, 7) is 6.36. The molecule has 12 heteroatoms. The van der Waals surface area contributed by atoms with Crippen LogP contribution in [0, 0.1) is 0 Å². The molecule has 3 aromatic rings. The zero-order chi connectivity index (χ0) is 25.4. The smallest absolute Gasteiger partial charge is 0.444 e. The Morgan fingerprint density at radius 2 is 1.91 bits per heavy atom. The van der Waals surface area contributed by atoms with E-state index in [0.29, 0.717) is 41.9 Å². The molecule has 1 atom stereocenters. The lowest BCUT2D eigenvalue weighted by atomic mass is 10.2. The summed E-state index contributed by atoms with van der Waals surface area (Å²) in [5.41, 5.74) is 1.51. The normalized spacial score (nSPS) is 16.5. The van der Waals surface area contributed by atoms with E-state index in [2.05, 4.69) is 20.1 Å². The Balaban J connectivity index is 1.72. The van der Waals surface area contributed by atoms with Crippen LogP contribution in [0.2, 0.25) is 0 Å². The van der Waals surface area contributed by atoms with E-state index in [1.807, 2.05) is 11.0 Å². The van der Waals surface area contributed by atoms with Crippen molar-refractivity contribution in [3.63, 3.8) is 0 Å². The molecular weight excluding hydrogens is 467 g/mol. The molecule has 0 radical (unpaired) electrons. The van der Waals surface area contributed by atoms with Crippen LogP contribution in [0.4, 0.5) is 23.7 Å². The molecule has 0 bridgehead atoms. The summed E-state index contributed by atoms with van der Waals surface area (Å²) in [6.07, 6.45) is -3.65. The number of nitrogens with one attached hydrogen (secondary N) is 1. The third kappa shape index (κ3) is 5.94. The molecule has 1 fully saturated rings. The molecule has 2 N–H and O–H groups in total. The minimum absolute atomic E-state index is 0.0305. The topological polar surface area (TPSA) is 102 Å². The number of pyridine rings is 1. The van der Waals surface area contributed by atoms with E-state index in [1.165, 1.54) is 28.9 Å². The SMILES string of the molecule is CC(C)(C)OC(=O)NCc1nn(-c2ccc(OC(F)(F)F)cc2)c2nccc(N3CC[C@@H](O)C3)c12. The van der Waals surface area contributed by atoms with Crippen LogP contribution in [-0.4, -0.2) is 57.1 Å². The Bertz CT molecular complexity index is 1200. The van der Waals surface area contributed by atoms with Crippen LogP contribution in [0.1, 0.15) is 32.9 Å². The standard InChI is InChI=1S/C23H26F3N5O4/c1-22(2,3)35-21(33)28-12-17-19-18(30-11-9-15(32)13-30)8-10-27-20(19)31(29-17)14-4-6-16(7-5-14)34-23(24,25)26/h4-8,10,15,32H,9,11-13H2,1-3H3,(H,28,33)/t15-/m1/s1. The van der Waals surface area contributed by atoms with Crippen LogP contribution in [0.5, 0.6) is 5.75 Å². The predicted octanol–water partition coefficient (Wildman–Crippen LogP) is 3.91. The van der Waals surface area contributed by atoms with Gasteiger partial charge in [-0.15, -0.1) is 13.2 Å². The van der Waals surface area contributed by atoms with E-state index < -0.39 is 24.2 Å². The van der Waals surface area contributed by atoms with Gasteiger partial charge in [-0.2, -0.15) is 5.10 Å². The molecule has 0 unspecified atom stereocenters. The number of halogens is 3. The van der Waals surface area contributed by atoms with Crippen molar-refractivity contribution in [1.82, 2.24) is 20.1 Å². The summed E-state index contributed by atoms with van der Waals surface area (Å²) in [5, 5.41) is 18.0. The van der Waals surface area contributed by atoms with Gasteiger partial charge < -0.3 is 24.8 Å². The second-order valence-corrected chi connectivity index (χ2v) is 9.17. The molecule has 1 aromatic carbocycles. The zero-order valence-electron chi connectivity index (χ0n) is 19.5. The Hall–Kier alpha value is -3.54. The molecule has 3 heterocycles. The zero-order valence-corrected chi connectivity index (χ0v) is 19.5. The number of β-amino-alcohol motifs (C(OH)–C–C–N with tert-alkyl or cyclic N) is 1. The van der Waals surface area contributed by atoms with Crippen LogP contribution in [0.15, 0.2) is 36.5 Å².